The highest BCUT2D eigenvalue weighted by Crippen LogP contribution is 2.45. The zero-order chi connectivity index (χ0) is 14.1. The van der Waals surface area contributed by atoms with Gasteiger partial charge < -0.3 is 5.32 Å². The highest BCUT2D eigenvalue weighted by molar-refractivity contribution is 5.88. The fraction of sp³-hybridized carbons (Fsp3) is 0.385. The first-order valence-electron chi connectivity index (χ1n) is 5.73. The van der Waals surface area contributed by atoms with Crippen LogP contribution in [0.3, 0.4) is 0 Å². The summed E-state index contributed by atoms with van der Waals surface area (Å²) in [5, 5.41) is 11.3. The van der Waals surface area contributed by atoms with Crippen LogP contribution in [0.5, 0.6) is 0 Å². The van der Waals surface area contributed by atoms with Gasteiger partial charge in [0.1, 0.15) is 5.41 Å². The summed E-state index contributed by atoms with van der Waals surface area (Å²) < 4.78 is 37.5. The Morgan fingerprint density at radius 1 is 1.42 bits per heavy atom. The van der Waals surface area contributed by atoms with Gasteiger partial charge in [0.25, 0.3) is 0 Å². The molecule has 100 valence electrons. The summed E-state index contributed by atoms with van der Waals surface area (Å²) >= 11 is 0. The zero-order valence-electron chi connectivity index (χ0n) is 9.92. The van der Waals surface area contributed by atoms with Crippen molar-refractivity contribution in [1.29, 1.82) is 5.26 Å². The normalized spacial score (nSPS) is 16.5. The molecule has 0 heterocycles. The Morgan fingerprint density at radius 3 is 2.63 bits per heavy atom. The van der Waals surface area contributed by atoms with Crippen LogP contribution in [0.1, 0.15) is 24.0 Å². The smallest absolute Gasteiger partial charge is 0.351 e. The van der Waals surface area contributed by atoms with E-state index in [1.165, 1.54) is 12.1 Å². The van der Waals surface area contributed by atoms with Crippen LogP contribution in [0.15, 0.2) is 24.3 Å². The van der Waals surface area contributed by atoms with Gasteiger partial charge in [0.05, 0.1) is 11.6 Å². The Kier molecular flexibility index (Phi) is 3.23. The van der Waals surface area contributed by atoms with Crippen LogP contribution in [0.4, 0.5) is 13.2 Å². The molecule has 3 nitrogen and oxygen atoms in total. The molecule has 1 amide bonds. The Balaban J connectivity index is 2.01. The van der Waals surface area contributed by atoms with Gasteiger partial charge in [-0.05, 0) is 30.5 Å². The topological polar surface area (TPSA) is 52.9 Å². The van der Waals surface area contributed by atoms with Crippen molar-refractivity contribution in [2.75, 3.05) is 0 Å². The highest BCUT2D eigenvalue weighted by Gasteiger charge is 2.50. The first-order valence-corrected chi connectivity index (χ1v) is 5.73. The maximum absolute atomic E-state index is 12.5. The van der Waals surface area contributed by atoms with Crippen LogP contribution in [0.25, 0.3) is 0 Å². The average molecular weight is 268 g/mol. The number of benzene rings is 1. The van der Waals surface area contributed by atoms with E-state index in [9.17, 15) is 18.0 Å². The standard InChI is InChI=1S/C13H11F3N2O/c14-13(15,16)10-3-1-2-9(6-10)7-18-11(19)12(8-17)4-5-12/h1-3,6H,4-5,7H2,(H,18,19). The Hall–Kier alpha value is -2.03. The van der Waals surface area contributed by atoms with Crippen LogP contribution >= 0.6 is 0 Å². The van der Waals surface area contributed by atoms with Gasteiger partial charge in [-0.25, -0.2) is 0 Å². The Morgan fingerprint density at radius 2 is 2.11 bits per heavy atom. The van der Waals surface area contributed by atoms with Crippen LogP contribution in [0.2, 0.25) is 0 Å². The molecule has 1 aliphatic rings. The largest absolute Gasteiger partial charge is 0.416 e. The zero-order valence-corrected chi connectivity index (χ0v) is 9.92. The third kappa shape index (κ3) is 2.87. The third-order valence-corrected chi connectivity index (χ3v) is 3.11. The van der Waals surface area contributed by atoms with Gasteiger partial charge in [-0.2, -0.15) is 18.4 Å². The summed E-state index contributed by atoms with van der Waals surface area (Å²) in [6.45, 7) is -0.00775. The third-order valence-electron chi connectivity index (χ3n) is 3.11. The number of nitrogens with zero attached hydrogens (tertiary/aromatic N) is 1. The summed E-state index contributed by atoms with van der Waals surface area (Å²) in [6.07, 6.45) is -3.37. The number of amides is 1. The van der Waals surface area contributed by atoms with Crippen molar-refractivity contribution in [3.05, 3.63) is 35.4 Å². The molecule has 1 aromatic rings. The predicted octanol–water partition coefficient (Wildman–Crippen LogP) is 2.63. The summed E-state index contributed by atoms with van der Waals surface area (Å²) in [4.78, 5) is 11.7. The number of alkyl halides is 3. The lowest BCUT2D eigenvalue weighted by atomic mass is 10.1. The van der Waals surface area contributed by atoms with E-state index in [0.717, 1.165) is 12.1 Å². The summed E-state index contributed by atoms with van der Waals surface area (Å²) in [5.74, 6) is -0.410. The second-order valence-corrected chi connectivity index (χ2v) is 4.57. The van der Waals surface area contributed by atoms with Crippen molar-refractivity contribution in [3.8, 4) is 6.07 Å². The van der Waals surface area contributed by atoms with Crippen LogP contribution in [-0.4, -0.2) is 5.91 Å². The van der Waals surface area contributed by atoms with E-state index >= 15 is 0 Å². The van der Waals surface area contributed by atoms with E-state index in [4.69, 9.17) is 5.26 Å². The fourth-order valence-electron chi connectivity index (χ4n) is 1.72. The minimum Gasteiger partial charge on any atom is -0.351 e. The van der Waals surface area contributed by atoms with Crippen molar-refractivity contribution in [2.45, 2.75) is 25.6 Å². The molecule has 1 aromatic carbocycles. The Bertz CT molecular complexity index is 542. The van der Waals surface area contributed by atoms with E-state index in [1.807, 2.05) is 6.07 Å². The second-order valence-electron chi connectivity index (χ2n) is 4.57. The van der Waals surface area contributed by atoms with E-state index in [2.05, 4.69) is 5.32 Å². The summed E-state index contributed by atoms with van der Waals surface area (Å²) in [6, 6.07) is 6.69. The number of halogens is 3. The van der Waals surface area contributed by atoms with Gasteiger partial charge in [-0.15, -0.1) is 0 Å². The number of rotatable bonds is 3. The minimum atomic E-state index is -4.40. The molecule has 1 N–H and O–H groups in total. The number of nitrogens with one attached hydrogen (secondary N) is 1. The average Bonchev–Trinajstić information content (AvgIpc) is 3.16. The maximum atomic E-state index is 12.5. The number of carbonyl (C=O) groups excluding carboxylic acids is 1. The van der Waals surface area contributed by atoms with Gasteiger partial charge in [0.2, 0.25) is 5.91 Å². The van der Waals surface area contributed by atoms with Crippen molar-refractivity contribution in [3.63, 3.8) is 0 Å². The predicted molar refractivity (Wildman–Crippen MR) is 60.6 cm³/mol. The molecule has 0 atom stereocenters. The lowest BCUT2D eigenvalue weighted by Gasteiger charge is -2.11. The fourth-order valence-corrected chi connectivity index (χ4v) is 1.72. The summed E-state index contributed by atoms with van der Waals surface area (Å²) in [5.41, 5.74) is -1.35. The van der Waals surface area contributed by atoms with Gasteiger partial charge in [0.15, 0.2) is 0 Å². The minimum absolute atomic E-state index is 0.00775. The molecule has 6 heteroatoms. The molecule has 0 spiro atoms. The molecule has 0 bridgehead atoms. The number of hydrogen-bond donors (Lipinski definition) is 1. The SMILES string of the molecule is N#CC1(C(=O)NCc2cccc(C(F)(F)F)c2)CC1. The molecule has 0 saturated heterocycles. The Labute approximate surface area is 108 Å². The molecule has 0 radical (unpaired) electrons. The van der Waals surface area contributed by atoms with Crippen LogP contribution in [0, 0.1) is 16.7 Å². The molecule has 19 heavy (non-hydrogen) atoms. The number of hydrogen-bond acceptors (Lipinski definition) is 2. The van der Waals surface area contributed by atoms with Crippen LogP contribution in [-0.2, 0) is 17.5 Å². The molecular weight excluding hydrogens is 257 g/mol. The van der Waals surface area contributed by atoms with Crippen molar-refractivity contribution in [1.82, 2.24) is 5.32 Å². The first kappa shape index (κ1) is 13.4. The van der Waals surface area contributed by atoms with E-state index in [0.29, 0.717) is 18.4 Å². The van der Waals surface area contributed by atoms with E-state index in [-0.39, 0.29) is 6.54 Å². The lowest BCUT2D eigenvalue weighted by molar-refractivity contribution is -0.137. The molecular formula is C13H11F3N2O. The first-order chi connectivity index (χ1) is 8.87. The molecule has 0 aromatic heterocycles. The van der Waals surface area contributed by atoms with Gasteiger partial charge in [-0.3, -0.25) is 4.79 Å². The maximum Gasteiger partial charge on any atom is 0.416 e. The second kappa shape index (κ2) is 4.57. The lowest BCUT2D eigenvalue weighted by Crippen LogP contribution is -2.30. The number of carbonyl (C=O) groups is 1. The monoisotopic (exact) mass is 268 g/mol. The molecule has 0 unspecified atom stereocenters. The van der Waals surface area contributed by atoms with Crippen molar-refractivity contribution in [2.24, 2.45) is 5.41 Å². The molecule has 1 aliphatic carbocycles. The number of nitriles is 1. The summed E-state index contributed by atoms with van der Waals surface area (Å²) in [7, 11) is 0. The molecule has 0 aliphatic heterocycles. The van der Waals surface area contributed by atoms with Crippen molar-refractivity contribution < 1.29 is 18.0 Å². The van der Waals surface area contributed by atoms with Crippen LogP contribution < -0.4 is 5.32 Å². The molecule has 2 rings (SSSR count). The van der Waals surface area contributed by atoms with Gasteiger partial charge >= 0.3 is 6.18 Å². The van der Waals surface area contributed by atoms with E-state index in [1.54, 1.807) is 0 Å². The highest BCUT2D eigenvalue weighted by atomic mass is 19.4. The molecule has 1 fully saturated rings. The van der Waals surface area contributed by atoms with Crippen molar-refractivity contribution >= 4 is 5.91 Å². The van der Waals surface area contributed by atoms with Gasteiger partial charge in [0, 0.05) is 6.54 Å². The quantitative estimate of drug-likeness (QED) is 0.916. The van der Waals surface area contributed by atoms with Gasteiger partial charge in [-0.1, -0.05) is 12.1 Å². The molecule has 1 saturated carbocycles. The van der Waals surface area contributed by atoms with E-state index < -0.39 is 23.1 Å².